The van der Waals surface area contributed by atoms with Gasteiger partial charge in [0.1, 0.15) is 11.6 Å². The van der Waals surface area contributed by atoms with Gasteiger partial charge in [-0.15, -0.1) is 29.3 Å². The molecule has 0 radical (unpaired) electrons. The fraction of sp³-hybridized carbons (Fsp3) is 0.323. The second-order valence-electron chi connectivity index (χ2n) is 23.2. The summed E-state index contributed by atoms with van der Waals surface area (Å²) in [4.78, 5) is 10.4. The standard InChI is InChI=1S/C62H68N3O.Pt/c1-58(2,3)44-26-24-39(25-27-44)41-30-31-63-52(35-41)43-32-42(33-46(34-43)60(7,8)9)48-22-19-23-54-55(48)64-57(50-37-47(61(10,11)12)38-51(56(50)66)62(13,14)15)65(54)53-29-28-45(59(4,5)6)36-49(53)40-20-17-16-18-21-40;/h16-31,33-38,66H,1-15H3;/q-1;/i30D,35D;. The monoisotopic (exact) mass is 1070 g/mol. The molecule has 1 N–H and O–H groups in total. The second-order valence-corrected chi connectivity index (χ2v) is 23.2. The number of hydrogen-bond acceptors (Lipinski definition) is 3. The van der Waals surface area contributed by atoms with Crippen LogP contribution in [0.3, 0.4) is 0 Å². The SMILES string of the molecule is [2H]c1cnc(-c2[c-]c(-c3cccc4c3nc(-c3cc(C(C)(C)C)cc(C(C)(C)C)c3O)n4-c3ccc(C(C)(C)C)cc3-c3ccccc3)cc(C(C)(C)C)c2)c([2H])c1-c1ccc(C(C)(C)C)cc1.[Pt]. The Morgan fingerprint density at radius 2 is 1.10 bits per heavy atom. The Hall–Kier alpha value is -5.57. The second kappa shape index (κ2) is 17.8. The van der Waals surface area contributed by atoms with Crippen molar-refractivity contribution >= 4 is 11.0 Å². The normalized spacial score (nSPS) is 13.1. The van der Waals surface area contributed by atoms with Crippen LogP contribution < -0.4 is 0 Å². The first-order valence-corrected chi connectivity index (χ1v) is 23.4. The smallest absolute Gasteiger partial charge is 0.148 e. The largest absolute Gasteiger partial charge is 0.507 e. The Labute approximate surface area is 418 Å². The van der Waals surface area contributed by atoms with Gasteiger partial charge in [-0.3, -0.25) is 9.55 Å². The molecule has 0 bridgehead atoms. The molecule has 0 aliphatic heterocycles. The third-order valence-electron chi connectivity index (χ3n) is 12.9. The predicted molar refractivity (Wildman–Crippen MR) is 280 cm³/mol. The Bertz CT molecular complexity index is 3200. The molecule has 2 heterocycles. The molecule has 4 nitrogen and oxygen atoms in total. The van der Waals surface area contributed by atoms with Crippen LogP contribution in [0.2, 0.25) is 0 Å². The first-order valence-electron chi connectivity index (χ1n) is 24.4. The molecule has 5 heteroatoms. The van der Waals surface area contributed by atoms with Crippen molar-refractivity contribution in [1.29, 1.82) is 0 Å². The fourth-order valence-electron chi connectivity index (χ4n) is 8.65. The van der Waals surface area contributed by atoms with Crippen LogP contribution >= 0.6 is 0 Å². The van der Waals surface area contributed by atoms with Gasteiger partial charge in [0.2, 0.25) is 0 Å². The van der Waals surface area contributed by atoms with Crippen LogP contribution in [0.5, 0.6) is 5.75 Å². The van der Waals surface area contributed by atoms with E-state index in [0.717, 1.165) is 61.2 Å². The van der Waals surface area contributed by atoms with Crippen molar-refractivity contribution in [3.8, 4) is 67.5 Å². The molecule has 0 atom stereocenters. The van der Waals surface area contributed by atoms with E-state index >= 15 is 0 Å². The van der Waals surface area contributed by atoms with E-state index in [0.29, 0.717) is 28.2 Å². The number of phenolic OH excluding ortho intramolecular Hbond substituents is 1. The third kappa shape index (κ3) is 10.0. The van der Waals surface area contributed by atoms with E-state index in [4.69, 9.17) is 11.3 Å². The molecular formula is C62H68N3OPt-. The van der Waals surface area contributed by atoms with Crippen molar-refractivity contribution < 1.29 is 28.9 Å². The number of imidazole rings is 1. The molecule has 67 heavy (non-hydrogen) atoms. The van der Waals surface area contributed by atoms with E-state index in [9.17, 15) is 6.48 Å². The van der Waals surface area contributed by atoms with Gasteiger partial charge in [0, 0.05) is 44.1 Å². The number of rotatable bonds is 6. The van der Waals surface area contributed by atoms with Gasteiger partial charge in [-0.05, 0) is 90.8 Å². The van der Waals surface area contributed by atoms with Crippen molar-refractivity contribution in [1.82, 2.24) is 14.5 Å². The van der Waals surface area contributed by atoms with Crippen molar-refractivity contribution in [3.05, 3.63) is 167 Å². The zero-order valence-electron chi connectivity index (χ0n) is 44.2. The molecule has 2 aromatic heterocycles. The number of aromatic nitrogens is 3. The molecule has 0 saturated carbocycles. The van der Waals surface area contributed by atoms with Gasteiger partial charge in [-0.2, -0.15) is 0 Å². The summed E-state index contributed by atoms with van der Waals surface area (Å²) in [6.45, 7) is 32.9. The summed E-state index contributed by atoms with van der Waals surface area (Å²) in [6, 6.07) is 44.5. The molecule has 8 rings (SSSR count). The van der Waals surface area contributed by atoms with Crippen LogP contribution in [0.4, 0.5) is 0 Å². The van der Waals surface area contributed by atoms with Crippen LogP contribution in [0.15, 0.2) is 134 Å². The minimum Gasteiger partial charge on any atom is -0.507 e. The summed E-state index contributed by atoms with van der Waals surface area (Å²) in [5, 5.41) is 12.6. The third-order valence-corrected chi connectivity index (χ3v) is 12.9. The van der Waals surface area contributed by atoms with Crippen molar-refractivity contribution in [2.24, 2.45) is 0 Å². The number of phenols is 1. The van der Waals surface area contributed by atoms with Crippen LogP contribution in [0.25, 0.3) is 72.7 Å². The maximum Gasteiger partial charge on any atom is 0.148 e. The zero-order valence-corrected chi connectivity index (χ0v) is 44.4. The van der Waals surface area contributed by atoms with Gasteiger partial charge >= 0.3 is 0 Å². The van der Waals surface area contributed by atoms with Gasteiger partial charge in [-0.1, -0.05) is 200 Å². The Kier molecular flexibility index (Phi) is 12.4. The average molecular weight is 1070 g/mol. The first kappa shape index (κ1) is 46.5. The van der Waals surface area contributed by atoms with Gasteiger partial charge in [-0.25, -0.2) is 4.98 Å². The molecule has 348 valence electrons. The summed E-state index contributed by atoms with van der Waals surface area (Å²) in [7, 11) is 0. The first-order chi connectivity index (χ1) is 31.6. The molecule has 0 aliphatic carbocycles. The summed E-state index contributed by atoms with van der Waals surface area (Å²) in [6.07, 6.45) is 1.56. The van der Waals surface area contributed by atoms with E-state index in [1.54, 1.807) is 6.20 Å². The molecular weight excluding hydrogens is 998 g/mol. The molecule has 8 aromatic rings. The predicted octanol–water partition coefficient (Wildman–Crippen LogP) is 16.7. The average Bonchev–Trinajstić information content (AvgIpc) is 3.64. The van der Waals surface area contributed by atoms with Crippen LogP contribution in [-0.4, -0.2) is 19.6 Å². The van der Waals surface area contributed by atoms with Crippen molar-refractivity contribution in [2.75, 3.05) is 0 Å². The van der Waals surface area contributed by atoms with E-state index in [1.165, 1.54) is 11.1 Å². The Morgan fingerprint density at radius 3 is 1.72 bits per heavy atom. The van der Waals surface area contributed by atoms with Crippen molar-refractivity contribution in [2.45, 2.75) is 131 Å². The van der Waals surface area contributed by atoms with E-state index in [-0.39, 0.29) is 66.0 Å². The number of nitrogens with zero attached hydrogens (tertiary/aromatic N) is 3. The molecule has 0 unspecified atom stereocenters. The van der Waals surface area contributed by atoms with Gasteiger partial charge in [0.15, 0.2) is 0 Å². The van der Waals surface area contributed by atoms with Gasteiger partial charge in [0.05, 0.1) is 25.0 Å². The quantitative estimate of drug-likeness (QED) is 0.169. The number of para-hydroxylation sites is 1. The molecule has 0 aliphatic rings. The molecule has 0 fully saturated rings. The van der Waals surface area contributed by atoms with E-state index < -0.39 is 0 Å². The zero-order chi connectivity index (χ0) is 49.5. The molecule has 0 spiro atoms. The summed E-state index contributed by atoms with van der Waals surface area (Å²) in [5.74, 6) is 0.855. The summed E-state index contributed by atoms with van der Waals surface area (Å²) < 4.78 is 20.8. The molecule has 0 amide bonds. The fourth-order valence-corrected chi connectivity index (χ4v) is 8.65. The summed E-state index contributed by atoms with van der Waals surface area (Å²) >= 11 is 0. The molecule has 6 aromatic carbocycles. The Morgan fingerprint density at radius 1 is 0.522 bits per heavy atom. The van der Waals surface area contributed by atoms with Gasteiger partial charge in [0.25, 0.3) is 0 Å². The minimum absolute atomic E-state index is 0. The molecule has 0 saturated heterocycles. The van der Waals surface area contributed by atoms with Crippen LogP contribution in [0, 0.1) is 6.07 Å². The number of hydrogen-bond donors (Lipinski definition) is 1. The van der Waals surface area contributed by atoms with E-state index in [1.807, 2.05) is 18.2 Å². The van der Waals surface area contributed by atoms with Crippen LogP contribution in [0.1, 0.15) is 134 Å². The number of aromatic hydroxyl groups is 1. The minimum atomic E-state index is -0.358. The maximum atomic E-state index is 12.6. The number of fused-ring (bicyclic) bond motifs is 1. The maximum absolute atomic E-state index is 12.6. The van der Waals surface area contributed by atoms with Gasteiger partial charge < -0.3 is 5.11 Å². The van der Waals surface area contributed by atoms with Crippen LogP contribution in [-0.2, 0) is 48.1 Å². The summed E-state index contributed by atoms with van der Waals surface area (Å²) in [5.41, 5.74) is 14.0. The number of pyridine rings is 1. The number of benzene rings is 6. The van der Waals surface area contributed by atoms with Crippen molar-refractivity contribution in [3.63, 3.8) is 0 Å². The topological polar surface area (TPSA) is 50.9 Å². The Balaban J connectivity index is 0.00000703. The van der Waals surface area contributed by atoms with E-state index in [2.05, 4.69) is 212 Å².